The molecule has 150 valence electrons. The van der Waals surface area contributed by atoms with E-state index in [2.05, 4.69) is 5.32 Å². The van der Waals surface area contributed by atoms with Gasteiger partial charge in [0.25, 0.3) is 0 Å². The highest BCUT2D eigenvalue weighted by atomic mass is 35.5. The minimum Gasteiger partial charge on any atom is -0.354 e. The second kappa shape index (κ2) is 10.4. The Morgan fingerprint density at radius 1 is 1.14 bits per heavy atom. The molecule has 0 saturated carbocycles. The van der Waals surface area contributed by atoms with Crippen molar-refractivity contribution in [3.63, 3.8) is 0 Å². The molecule has 0 aliphatic heterocycles. The molecule has 0 fully saturated rings. The zero-order valence-electron chi connectivity index (χ0n) is 15.8. The molecule has 2 aromatic rings. The molecule has 0 bridgehead atoms. The molecule has 1 N–H and O–H groups in total. The highest BCUT2D eigenvalue weighted by molar-refractivity contribution is 6.35. The molecule has 7 heteroatoms. The zero-order chi connectivity index (χ0) is 20.7. The standard InChI is InChI=1S/C21H23Cl2FN2O2/c1-3-10-25-21(28)14(2)26(13-16-8-9-17(22)12-18(16)23)20(27)11-15-6-4-5-7-19(15)24/h4-9,12,14H,3,10-11,13H2,1-2H3,(H,25,28). The number of carbonyl (C=O) groups is 2. The lowest BCUT2D eigenvalue weighted by Gasteiger charge is -2.29. The van der Waals surface area contributed by atoms with Crippen molar-refractivity contribution in [2.75, 3.05) is 6.54 Å². The van der Waals surface area contributed by atoms with Gasteiger partial charge in [-0.25, -0.2) is 4.39 Å². The quantitative estimate of drug-likeness (QED) is 0.671. The Labute approximate surface area is 174 Å². The maximum Gasteiger partial charge on any atom is 0.242 e. The van der Waals surface area contributed by atoms with E-state index in [0.717, 1.165) is 6.42 Å². The van der Waals surface area contributed by atoms with Gasteiger partial charge in [0.05, 0.1) is 6.42 Å². The van der Waals surface area contributed by atoms with Gasteiger partial charge in [-0.1, -0.05) is 54.4 Å². The maximum absolute atomic E-state index is 14.0. The van der Waals surface area contributed by atoms with Crippen LogP contribution in [-0.4, -0.2) is 29.3 Å². The summed E-state index contributed by atoms with van der Waals surface area (Å²) in [5.74, 6) is -1.09. The first-order valence-electron chi connectivity index (χ1n) is 9.08. The predicted molar refractivity (Wildman–Crippen MR) is 110 cm³/mol. The highest BCUT2D eigenvalue weighted by Crippen LogP contribution is 2.23. The molecule has 2 aromatic carbocycles. The third-order valence-electron chi connectivity index (χ3n) is 4.37. The van der Waals surface area contributed by atoms with E-state index in [0.29, 0.717) is 22.2 Å². The Morgan fingerprint density at radius 2 is 1.86 bits per heavy atom. The number of hydrogen-bond acceptors (Lipinski definition) is 2. The van der Waals surface area contributed by atoms with Crippen LogP contribution in [0.4, 0.5) is 4.39 Å². The molecule has 28 heavy (non-hydrogen) atoms. The first-order chi connectivity index (χ1) is 13.3. The summed E-state index contributed by atoms with van der Waals surface area (Å²) < 4.78 is 14.0. The van der Waals surface area contributed by atoms with Crippen molar-refractivity contribution in [3.8, 4) is 0 Å². The number of hydrogen-bond donors (Lipinski definition) is 1. The van der Waals surface area contributed by atoms with Gasteiger partial charge in [0.15, 0.2) is 0 Å². The molecule has 0 saturated heterocycles. The molecule has 0 aliphatic rings. The normalized spacial score (nSPS) is 11.8. The Hall–Kier alpha value is -2.11. The van der Waals surface area contributed by atoms with E-state index in [1.54, 1.807) is 43.3 Å². The van der Waals surface area contributed by atoms with Crippen molar-refractivity contribution in [2.45, 2.75) is 39.3 Å². The van der Waals surface area contributed by atoms with Crippen LogP contribution >= 0.6 is 23.2 Å². The number of nitrogens with one attached hydrogen (secondary N) is 1. The molecular formula is C21H23Cl2FN2O2. The molecule has 0 heterocycles. The molecule has 4 nitrogen and oxygen atoms in total. The molecule has 1 atom stereocenters. The fourth-order valence-corrected chi connectivity index (χ4v) is 3.19. The van der Waals surface area contributed by atoms with Crippen molar-refractivity contribution >= 4 is 35.0 Å². The van der Waals surface area contributed by atoms with Gasteiger partial charge >= 0.3 is 0 Å². The van der Waals surface area contributed by atoms with E-state index in [4.69, 9.17) is 23.2 Å². The number of carbonyl (C=O) groups excluding carboxylic acids is 2. The van der Waals surface area contributed by atoms with Crippen LogP contribution in [0.25, 0.3) is 0 Å². The van der Waals surface area contributed by atoms with E-state index in [9.17, 15) is 14.0 Å². The van der Waals surface area contributed by atoms with E-state index in [1.165, 1.54) is 11.0 Å². The lowest BCUT2D eigenvalue weighted by molar-refractivity contribution is -0.140. The summed E-state index contributed by atoms with van der Waals surface area (Å²) in [7, 11) is 0. The number of rotatable bonds is 8. The van der Waals surface area contributed by atoms with Crippen LogP contribution in [0, 0.1) is 5.82 Å². The lowest BCUT2D eigenvalue weighted by atomic mass is 10.1. The van der Waals surface area contributed by atoms with Crippen molar-refractivity contribution < 1.29 is 14.0 Å². The SMILES string of the molecule is CCCNC(=O)C(C)N(Cc1ccc(Cl)cc1Cl)C(=O)Cc1ccccc1F. The van der Waals surface area contributed by atoms with Gasteiger partial charge < -0.3 is 10.2 Å². The largest absolute Gasteiger partial charge is 0.354 e. The highest BCUT2D eigenvalue weighted by Gasteiger charge is 2.27. The minimum atomic E-state index is -0.738. The smallest absolute Gasteiger partial charge is 0.242 e. The minimum absolute atomic E-state index is 0.115. The molecular weight excluding hydrogens is 402 g/mol. The Kier molecular flexibility index (Phi) is 8.27. The fourth-order valence-electron chi connectivity index (χ4n) is 2.72. The van der Waals surface area contributed by atoms with E-state index in [-0.39, 0.29) is 30.3 Å². The van der Waals surface area contributed by atoms with E-state index in [1.807, 2.05) is 6.92 Å². The molecule has 0 aliphatic carbocycles. The topological polar surface area (TPSA) is 49.4 Å². The average Bonchev–Trinajstić information content (AvgIpc) is 2.66. The third-order valence-corrected chi connectivity index (χ3v) is 4.96. The van der Waals surface area contributed by atoms with Crippen LogP contribution in [0.5, 0.6) is 0 Å². The van der Waals surface area contributed by atoms with Crippen LogP contribution in [0.3, 0.4) is 0 Å². The van der Waals surface area contributed by atoms with Gasteiger partial charge in [0, 0.05) is 23.1 Å². The van der Waals surface area contributed by atoms with Crippen LogP contribution in [0.2, 0.25) is 10.0 Å². The van der Waals surface area contributed by atoms with E-state index >= 15 is 0 Å². The number of nitrogens with zero attached hydrogens (tertiary/aromatic N) is 1. The second-order valence-corrected chi connectivity index (χ2v) is 7.34. The third kappa shape index (κ3) is 5.94. The maximum atomic E-state index is 14.0. The van der Waals surface area contributed by atoms with Crippen LogP contribution in [0.1, 0.15) is 31.4 Å². The number of halogens is 3. The van der Waals surface area contributed by atoms with Gasteiger partial charge in [-0.3, -0.25) is 9.59 Å². The zero-order valence-corrected chi connectivity index (χ0v) is 17.4. The van der Waals surface area contributed by atoms with Crippen LogP contribution in [-0.2, 0) is 22.6 Å². The summed E-state index contributed by atoms with van der Waals surface area (Å²) in [6.45, 7) is 4.22. The summed E-state index contributed by atoms with van der Waals surface area (Å²) in [6.07, 6.45) is 0.633. The average molecular weight is 425 g/mol. The van der Waals surface area contributed by atoms with Crippen molar-refractivity contribution in [1.82, 2.24) is 10.2 Å². The van der Waals surface area contributed by atoms with Crippen molar-refractivity contribution in [2.24, 2.45) is 0 Å². The lowest BCUT2D eigenvalue weighted by Crippen LogP contribution is -2.48. The Balaban J connectivity index is 2.27. The van der Waals surface area contributed by atoms with Crippen LogP contribution < -0.4 is 5.32 Å². The Morgan fingerprint density at radius 3 is 2.50 bits per heavy atom. The number of amides is 2. The summed E-state index contributed by atoms with van der Waals surface area (Å²) >= 11 is 12.2. The summed E-state index contributed by atoms with van der Waals surface area (Å²) in [6, 6.07) is 10.3. The van der Waals surface area contributed by atoms with Crippen LogP contribution in [0.15, 0.2) is 42.5 Å². The summed E-state index contributed by atoms with van der Waals surface area (Å²) in [5.41, 5.74) is 0.934. The fraction of sp³-hybridized carbons (Fsp3) is 0.333. The van der Waals surface area contributed by atoms with Gasteiger partial charge in [0.1, 0.15) is 11.9 Å². The van der Waals surface area contributed by atoms with E-state index < -0.39 is 11.9 Å². The first kappa shape index (κ1) is 22.2. The summed E-state index contributed by atoms with van der Waals surface area (Å²) in [5, 5.41) is 3.67. The Bertz CT molecular complexity index is 845. The summed E-state index contributed by atoms with van der Waals surface area (Å²) in [4.78, 5) is 26.8. The molecule has 1 unspecified atom stereocenters. The van der Waals surface area contributed by atoms with Gasteiger partial charge in [-0.05, 0) is 42.7 Å². The molecule has 0 spiro atoms. The molecule has 0 aromatic heterocycles. The molecule has 2 amide bonds. The van der Waals surface area contributed by atoms with Gasteiger partial charge in [0.2, 0.25) is 11.8 Å². The number of benzene rings is 2. The molecule has 0 radical (unpaired) electrons. The van der Waals surface area contributed by atoms with Gasteiger partial charge in [-0.2, -0.15) is 0 Å². The predicted octanol–water partition coefficient (Wildman–Crippen LogP) is 4.62. The second-order valence-electron chi connectivity index (χ2n) is 6.49. The van der Waals surface area contributed by atoms with Gasteiger partial charge in [-0.15, -0.1) is 0 Å². The monoisotopic (exact) mass is 424 g/mol. The molecule has 2 rings (SSSR count). The van der Waals surface area contributed by atoms with Crippen molar-refractivity contribution in [1.29, 1.82) is 0 Å². The van der Waals surface area contributed by atoms with Crippen molar-refractivity contribution in [3.05, 3.63) is 69.5 Å². The first-order valence-corrected chi connectivity index (χ1v) is 9.83.